The molecule has 0 radical (unpaired) electrons. The molecule has 8 nitrogen and oxygen atoms in total. The summed E-state index contributed by atoms with van der Waals surface area (Å²) in [6, 6.07) is 1.01. The molecule has 1 fully saturated rings. The van der Waals surface area contributed by atoms with E-state index >= 15 is 0 Å². The average Bonchev–Trinajstić information content (AvgIpc) is 2.57. The maximum atomic E-state index is 13.7. The van der Waals surface area contributed by atoms with Crippen molar-refractivity contribution in [3.05, 3.63) is 23.8 Å². The Balaban J connectivity index is 2.35. The van der Waals surface area contributed by atoms with Gasteiger partial charge in [-0.2, -0.15) is 4.89 Å². The van der Waals surface area contributed by atoms with E-state index in [1.807, 2.05) is 0 Å². The molecule has 0 aliphatic carbocycles. The van der Waals surface area contributed by atoms with Crippen LogP contribution in [0.3, 0.4) is 0 Å². The Morgan fingerprint density at radius 2 is 1.83 bits per heavy atom. The van der Waals surface area contributed by atoms with E-state index in [-0.39, 0.29) is 23.8 Å². The minimum absolute atomic E-state index is 0.00966. The molecule has 0 bridgehead atoms. The predicted octanol–water partition coefficient (Wildman–Crippen LogP) is 1.54. The number of hydrogen-bond acceptors (Lipinski definition) is 6. The second kappa shape index (κ2) is 5.21. The Bertz CT molecular complexity index is 784. The lowest BCUT2D eigenvalue weighted by Crippen LogP contribution is -2.75. The number of likely N-dealkylation sites (N-methyl/N-ethyl adjacent to an activating group) is 3. The Kier molecular flexibility index (Phi) is 3.53. The first-order valence-electron chi connectivity index (χ1n) is 7.03. The number of rotatable bonds is 2. The normalized spacial score (nSPS) is 23.2. The highest BCUT2D eigenvalue weighted by Crippen LogP contribution is 2.43. The van der Waals surface area contributed by atoms with Gasteiger partial charge >= 0.3 is 11.8 Å². The number of carbonyl (C=O) groups is 2. The van der Waals surface area contributed by atoms with Crippen LogP contribution in [-0.4, -0.2) is 59.2 Å². The lowest BCUT2D eigenvalue weighted by Gasteiger charge is -2.49. The van der Waals surface area contributed by atoms with Gasteiger partial charge in [0.05, 0.1) is 11.4 Å². The van der Waals surface area contributed by atoms with Crippen molar-refractivity contribution in [1.82, 2.24) is 9.80 Å². The van der Waals surface area contributed by atoms with Gasteiger partial charge in [0.1, 0.15) is 0 Å². The van der Waals surface area contributed by atoms with Crippen molar-refractivity contribution in [3.8, 4) is 0 Å². The standard InChI is InChI=1S/C14H14F2N4O4/c1-4-20-10-6-8(16)7(15)5-9(10)17-11-14(20,24-23)12(21)19(3)13(22)18(11)2/h5-6,23H,4H2,1-3H3. The highest BCUT2D eigenvalue weighted by atomic mass is 19.2. The maximum absolute atomic E-state index is 13.7. The summed E-state index contributed by atoms with van der Waals surface area (Å²) in [5.74, 6) is -3.40. The highest BCUT2D eigenvalue weighted by molar-refractivity contribution is 6.26. The molecule has 128 valence electrons. The molecule has 0 aromatic heterocycles. The number of amides is 3. The summed E-state index contributed by atoms with van der Waals surface area (Å²) in [6.45, 7) is 1.71. The van der Waals surface area contributed by atoms with Crippen LogP contribution < -0.4 is 4.90 Å². The molecule has 10 heteroatoms. The zero-order valence-corrected chi connectivity index (χ0v) is 13.1. The zero-order valence-electron chi connectivity index (χ0n) is 13.1. The number of anilines is 1. The van der Waals surface area contributed by atoms with E-state index in [0.29, 0.717) is 0 Å². The van der Waals surface area contributed by atoms with Crippen LogP contribution in [0.1, 0.15) is 6.92 Å². The summed E-state index contributed by atoms with van der Waals surface area (Å²) < 4.78 is 27.2. The van der Waals surface area contributed by atoms with Gasteiger partial charge in [-0.3, -0.25) is 14.6 Å². The lowest BCUT2D eigenvalue weighted by atomic mass is 10.0. The van der Waals surface area contributed by atoms with Gasteiger partial charge in [0.15, 0.2) is 17.5 Å². The highest BCUT2D eigenvalue weighted by Gasteiger charge is 2.61. The van der Waals surface area contributed by atoms with E-state index in [1.54, 1.807) is 6.92 Å². The molecule has 1 N–H and O–H groups in total. The Hall–Kier alpha value is -2.59. The third-order valence-corrected chi connectivity index (χ3v) is 4.15. The number of aliphatic imine (C=N–C) groups is 1. The molecule has 1 saturated heterocycles. The SMILES string of the molecule is CCN1c2cc(F)c(F)cc2N=C2N(C)C(=O)N(C)C(=O)C21OO. The van der Waals surface area contributed by atoms with Gasteiger partial charge in [-0.05, 0) is 6.92 Å². The van der Waals surface area contributed by atoms with E-state index in [9.17, 15) is 23.6 Å². The number of halogens is 2. The van der Waals surface area contributed by atoms with Gasteiger partial charge in [0.25, 0.3) is 5.91 Å². The summed E-state index contributed by atoms with van der Waals surface area (Å²) in [5.41, 5.74) is -2.10. The van der Waals surface area contributed by atoms with Crippen molar-refractivity contribution in [1.29, 1.82) is 0 Å². The van der Waals surface area contributed by atoms with E-state index in [4.69, 9.17) is 0 Å². The minimum Gasteiger partial charge on any atom is -0.325 e. The quantitative estimate of drug-likeness (QED) is 0.652. The smallest absolute Gasteiger partial charge is 0.325 e. The van der Waals surface area contributed by atoms with Gasteiger partial charge in [-0.1, -0.05) is 0 Å². The third kappa shape index (κ3) is 1.80. The number of amidine groups is 1. The fraction of sp³-hybridized carbons (Fsp3) is 0.357. The first-order chi connectivity index (χ1) is 11.3. The Morgan fingerprint density at radius 3 is 2.42 bits per heavy atom. The Morgan fingerprint density at radius 1 is 1.21 bits per heavy atom. The van der Waals surface area contributed by atoms with Crippen molar-refractivity contribution >= 4 is 29.1 Å². The van der Waals surface area contributed by atoms with E-state index in [1.165, 1.54) is 19.0 Å². The Labute approximate surface area is 135 Å². The number of imide groups is 1. The molecule has 1 aromatic carbocycles. The van der Waals surface area contributed by atoms with Crippen LogP contribution in [0.25, 0.3) is 0 Å². The fourth-order valence-corrected chi connectivity index (χ4v) is 2.98. The first kappa shape index (κ1) is 16.3. The van der Waals surface area contributed by atoms with Crippen LogP contribution in [0.15, 0.2) is 17.1 Å². The summed E-state index contributed by atoms with van der Waals surface area (Å²) in [6.07, 6.45) is 0. The summed E-state index contributed by atoms with van der Waals surface area (Å²) in [5, 5.41) is 9.54. The van der Waals surface area contributed by atoms with Crippen LogP contribution in [0, 0.1) is 11.6 Å². The molecular weight excluding hydrogens is 326 g/mol. The van der Waals surface area contributed by atoms with Crippen molar-refractivity contribution in [3.63, 3.8) is 0 Å². The van der Waals surface area contributed by atoms with Crippen LogP contribution in [-0.2, 0) is 9.68 Å². The van der Waals surface area contributed by atoms with Crippen LogP contribution in [0.5, 0.6) is 0 Å². The topological polar surface area (TPSA) is 85.7 Å². The monoisotopic (exact) mass is 340 g/mol. The zero-order chi connectivity index (χ0) is 17.8. The molecule has 2 aliphatic rings. The molecule has 2 heterocycles. The maximum Gasteiger partial charge on any atom is 0.331 e. The van der Waals surface area contributed by atoms with Gasteiger partial charge in [-0.15, -0.1) is 0 Å². The largest absolute Gasteiger partial charge is 0.331 e. The molecule has 2 aliphatic heterocycles. The van der Waals surface area contributed by atoms with E-state index < -0.39 is 29.3 Å². The van der Waals surface area contributed by atoms with E-state index in [0.717, 1.165) is 21.9 Å². The molecule has 1 atom stereocenters. The molecule has 1 unspecified atom stereocenters. The first-order valence-corrected chi connectivity index (χ1v) is 7.03. The summed E-state index contributed by atoms with van der Waals surface area (Å²) in [7, 11) is 2.55. The summed E-state index contributed by atoms with van der Waals surface area (Å²) in [4.78, 5) is 36.4. The minimum atomic E-state index is -2.16. The van der Waals surface area contributed by atoms with Gasteiger partial charge in [-0.25, -0.2) is 23.8 Å². The third-order valence-electron chi connectivity index (χ3n) is 4.15. The number of fused-ring (bicyclic) bond motifs is 2. The molecule has 0 saturated carbocycles. The average molecular weight is 340 g/mol. The molecule has 3 rings (SSSR count). The van der Waals surface area contributed by atoms with Crippen LogP contribution >= 0.6 is 0 Å². The molecule has 24 heavy (non-hydrogen) atoms. The van der Waals surface area contributed by atoms with Crippen LogP contribution in [0.2, 0.25) is 0 Å². The van der Waals surface area contributed by atoms with Gasteiger partial charge < -0.3 is 4.90 Å². The van der Waals surface area contributed by atoms with Crippen molar-refractivity contribution in [2.24, 2.45) is 4.99 Å². The van der Waals surface area contributed by atoms with Crippen molar-refractivity contribution < 1.29 is 28.5 Å². The second-order valence-electron chi connectivity index (χ2n) is 5.38. The molecule has 1 aromatic rings. The fourth-order valence-electron chi connectivity index (χ4n) is 2.98. The lowest BCUT2D eigenvalue weighted by molar-refractivity contribution is -0.295. The van der Waals surface area contributed by atoms with Crippen molar-refractivity contribution in [2.75, 3.05) is 25.5 Å². The summed E-state index contributed by atoms with van der Waals surface area (Å²) >= 11 is 0. The number of carbonyl (C=O) groups excluding carboxylic acids is 2. The van der Waals surface area contributed by atoms with Crippen LogP contribution in [0.4, 0.5) is 25.0 Å². The molecule has 3 amide bonds. The van der Waals surface area contributed by atoms with Gasteiger partial charge in [0.2, 0.25) is 0 Å². The van der Waals surface area contributed by atoms with E-state index in [2.05, 4.69) is 9.88 Å². The molecule has 0 spiro atoms. The number of benzene rings is 1. The number of hydrogen-bond donors (Lipinski definition) is 1. The second-order valence-corrected chi connectivity index (χ2v) is 5.38. The number of nitrogens with zero attached hydrogens (tertiary/aromatic N) is 4. The van der Waals surface area contributed by atoms with Crippen molar-refractivity contribution in [2.45, 2.75) is 12.6 Å². The molecular formula is C14H14F2N4O4. The number of urea groups is 1. The van der Waals surface area contributed by atoms with Gasteiger partial charge in [0, 0.05) is 32.8 Å². The predicted molar refractivity (Wildman–Crippen MR) is 78.8 cm³/mol.